The molecule has 2 atom stereocenters. The molecule has 2 rings (SSSR count). The summed E-state index contributed by atoms with van der Waals surface area (Å²) in [5.74, 6) is 2.29. The summed E-state index contributed by atoms with van der Waals surface area (Å²) in [6.07, 6.45) is 7.05. The SMILES string of the molecule is CSc1ccc(CSCC(=O)N[C@H]2CCCC[C@H]2C)cc1. The molecule has 21 heavy (non-hydrogen) atoms. The Morgan fingerprint density at radius 1 is 1.24 bits per heavy atom. The third-order valence-corrected chi connectivity index (χ3v) is 5.87. The number of rotatable bonds is 6. The molecule has 0 saturated heterocycles. The first-order chi connectivity index (χ1) is 10.2. The van der Waals surface area contributed by atoms with Crippen molar-refractivity contribution in [1.29, 1.82) is 0 Å². The Bertz CT molecular complexity index is 447. The van der Waals surface area contributed by atoms with Crippen molar-refractivity contribution in [2.75, 3.05) is 12.0 Å². The lowest BCUT2D eigenvalue weighted by Gasteiger charge is -2.29. The number of carbonyl (C=O) groups is 1. The Morgan fingerprint density at radius 3 is 2.62 bits per heavy atom. The first kappa shape index (κ1) is 16.8. The molecular formula is C17H25NOS2. The highest BCUT2D eigenvalue weighted by Crippen LogP contribution is 2.24. The van der Waals surface area contributed by atoms with Gasteiger partial charge in [0.1, 0.15) is 0 Å². The lowest BCUT2D eigenvalue weighted by molar-refractivity contribution is -0.119. The third kappa shape index (κ3) is 5.59. The molecule has 0 unspecified atom stereocenters. The number of hydrogen-bond donors (Lipinski definition) is 1. The average molecular weight is 324 g/mol. The van der Waals surface area contributed by atoms with Gasteiger partial charge in [-0.1, -0.05) is 31.9 Å². The van der Waals surface area contributed by atoms with Crippen molar-refractivity contribution in [1.82, 2.24) is 5.32 Å². The Morgan fingerprint density at radius 2 is 1.95 bits per heavy atom. The van der Waals surface area contributed by atoms with E-state index in [-0.39, 0.29) is 5.91 Å². The van der Waals surface area contributed by atoms with Crippen molar-refractivity contribution in [3.05, 3.63) is 29.8 Å². The maximum Gasteiger partial charge on any atom is 0.230 e. The summed E-state index contributed by atoms with van der Waals surface area (Å²) in [7, 11) is 0. The van der Waals surface area contributed by atoms with Crippen LogP contribution in [-0.4, -0.2) is 24.0 Å². The van der Waals surface area contributed by atoms with Crippen molar-refractivity contribution in [2.45, 2.75) is 49.3 Å². The molecule has 116 valence electrons. The highest BCUT2D eigenvalue weighted by molar-refractivity contribution is 7.99. The second-order valence-corrected chi connectivity index (χ2v) is 7.64. The van der Waals surface area contributed by atoms with Crippen molar-refractivity contribution >= 4 is 29.4 Å². The van der Waals surface area contributed by atoms with Gasteiger partial charge < -0.3 is 5.32 Å². The highest BCUT2D eigenvalue weighted by Gasteiger charge is 2.22. The molecule has 1 fully saturated rings. The molecular weight excluding hydrogens is 298 g/mol. The van der Waals surface area contributed by atoms with Gasteiger partial charge >= 0.3 is 0 Å². The topological polar surface area (TPSA) is 29.1 Å². The molecule has 0 aromatic heterocycles. The Labute approximate surface area is 136 Å². The van der Waals surface area contributed by atoms with Crippen molar-refractivity contribution in [3.63, 3.8) is 0 Å². The molecule has 4 heteroatoms. The largest absolute Gasteiger partial charge is 0.352 e. The van der Waals surface area contributed by atoms with Crippen LogP contribution in [0.2, 0.25) is 0 Å². The first-order valence-electron chi connectivity index (χ1n) is 7.69. The molecule has 1 aliphatic rings. The number of hydrogen-bond acceptors (Lipinski definition) is 3. The minimum atomic E-state index is 0.194. The van der Waals surface area contributed by atoms with Crippen LogP contribution in [0.3, 0.4) is 0 Å². The van der Waals surface area contributed by atoms with Crippen LogP contribution in [0.25, 0.3) is 0 Å². The van der Waals surface area contributed by atoms with Gasteiger partial charge in [0.25, 0.3) is 0 Å². The van der Waals surface area contributed by atoms with Gasteiger partial charge in [-0.25, -0.2) is 0 Å². The smallest absolute Gasteiger partial charge is 0.230 e. The fourth-order valence-electron chi connectivity index (χ4n) is 2.76. The van der Waals surface area contributed by atoms with E-state index < -0.39 is 0 Å². The lowest BCUT2D eigenvalue weighted by atomic mass is 9.86. The predicted molar refractivity (Wildman–Crippen MR) is 93.9 cm³/mol. The Hall–Kier alpha value is -0.610. The van der Waals surface area contributed by atoms with Crippen LogP contribution in [0.4, 0.5) is 0 Å². The van der Waals surface area contributed by atoms with Crippen molar-refractivity contribution < 1.29 is 4.79 Å². The quantitative estimate of drug-likeness (QED) is 0.790. The maximum absolute atomic E-state index is 12.0. The zero-order chi connectivity index (χ0) is 15.1. The molecule has 1 amide bonds. The van der Waals surface area contributed by atoms with Crippen LogP contribution in [0.15, 0.2) is 29.2 Å². The van der Waals surface area contributed by atoms with Gasteiger partial charge in [0.15, 0.2) is 0 Å². The molecule has 1 aromatic rings. The molecule has 0 bridgehead atoms. The minimum Gasteiger partial charge on any atom is -0.352 e. The summed E-state index contributed by atoms with van der Waals surface area (Å²) >= 11 is 3.45. The fraction of sp³-hybridized carbons (Fsp3) is 0.588. The van der Waals surface area contributed by atoms with Gasteiger partial charge in [0.2, 0.25) is 5.91 Å². The van der Waals surface area contributed by atoms with Gasteiger partial charge in [-0.2, -0.15) is 0 Å². The number of thioether (sulfide) groups is 2. The van der Waals surface area contributed by atoms with E-state index in [1.807, 2.05) is 0 Å². The number of amides is 1. The fourth-order valence-corrected chi connectivity index (χ4v) is 3.97. The molecule has 1 aromatic carbocycles. The Balaban J connectivity index is 1.68. The maximum atomic E-state index is 12.0. The summed E-state index contributed by atoms with van der Waals surface area (Å²) in [6.45, 7) is 2.25. The van der Waals surface area contributed by atoms with Crippen LogP contribution < -0.4 is 5.32 Å². The van der Waals surface area contributed by atoms with Crippen LogP contribution in [0.1, 0.15) is 38.2 Å². The monoisotopic (exact) mass is 323 g/mol. The summed E-state index contributed by atoms with van der Waals surface area (Å²) in [5.41, 5.74) is 1.29. The Kier molecular flexibility index (Phi) is 6.97. The second-order valence-electron chi connectivity index (χ2n) is 5.78. The van der Waals surface area contributed by atoms with E-state index >= 15 is 0 Å². The summed E-state index contributed by atoms with van der Waals surface area (Å²) in [6, 6.07) is 8.99. The molecule has 0 radical (unpaired) electrons. The number of nitrogens with one attached hydrogen (secondary N) is 1. The van der Waals surface area contributed by atoms with Gasteiger partial charge in [0, 0.05) is 16.7 Å². The highest BCUT2D eigenvalue weighted by atomic mass is 32.2. The van der Waals surface area contributed by atoms with E-state index in [4.69, 9.17) is 0 Å². The van der Waals surface area contributed by atoms with E-state index in [0.29, 0.717) is 17.7 Å². The normalized spacial score (nSPS) is 22.0. The molecule has 1 aliphatic carbocycles. The van der Waals surface area contributed by atoms with E-state index in [0.717, 1.165) is 12.2 Å². The molecule has 0 aliphatic heterocycles. The predicted octanol–water partition coefficient (Wildman–Crippen LogP) is 4.34. The van der Waals surface area contributed by atoms with Crippen molar-refractivity contribution in [3.8, 4) is 0 Å². The van der Waals surface area contributed by atoms with E-state index in [9.17, 15) is 4.79 Å². The van der Waals surface area contributed by atoms with Gasteiger partial charge in [-0.15, -0.1) is 23.5 Å². The summed E-state index contributed by atoms with van der Waals surface area (Å²) < 4.78 is 0. The second kappa shape index (κ2) is 8.74. The minimum absolute atomic E-state index is 0.194. The lowest BCUT2D eigenvalue weighted by Crippen LogP contribution is -2.41. The van der Waals surface area contributed by atoms with Gasteiger partial charge in [-0.3, -0.25) is 4.79 Å². The first-order valence-corrected chi connectivity index (χ1v) is 10.1. The molecule has 0 heterocycles. The van der Waals surface area contributed by atoms with Gasteiger partial charge in [-0.05, 0) is 42.7 Å². The number of benzene rings is 1. The van der Waals surface area contributed by atoms with E-state index in [1.165, 1.54) is 29.7 Å². The standard InChI is InChI=1S/C17H25NOS2/c1-13-5-3-4-6-16(13)18-17(19)12-21-11-14-7-9-15(20-2)10-8-14/h7-10,13,16H,3-6,11-12H2,1-2H3,(H,18,19)/t13-,16+/m1/s1. The van der Waals surface area contributed by atoms with Crippen LogP contribution in [0, 0.1) is 5.92 Å². The zero-order valence-corrected chi connectivity index (χ0v) is 14.6. The summed E-state index contributed by atoms with van der Waals surface area (Å²) in [4.78, 5) is 13.3. The number of carbonyl (C=O) groups excluding carboxylic acids is 1. The molecule has 0 spiro atoms. The summed E-state index contributed by atoms with van der Waals surface area (Å²) in [5, 5.41) is 3.21. The zero-order valence-electron chi connectivity index (χ0n) is 12.9. The third-order valence-electron chi connectivity index (χ3n) is 4.12. The van der Waals surface area contributed by atoms with Crippen LogP contribution in [-0.2, 0) is 10.5 Å². The van der Waals surface area contributed by atoms with Crippen molar-refractivity contribution in [2.24, 2.45) is 5.92 Å². The molecule has 1 saturated carbocycles. The average Bonchev–Trinajstić information content (AvgIpc) is 2.50. The van der Waals surface area contributed by atoms with Crippen LogP contribution in [0.5, 0.6) is 0 Å². The van der Waals surface area contributed by atoms with E-state index in [2.05, 4.69) is 42.8 Å². The van der Waals surface area contributed by atoms with Gasteiger partial charge in [0.05, 0.1) is 5.75 Å². The van der Waals surface area contributed by atoms with Crippen LogP contribution >= 0.6 is 23.5 Å². The molecule has 2 nitrogen and oxygen atoms in total. The van der Waals surface area contributed by atoms with E-state index in [1.54, 1.807) is 23.5 Å². The molecule has 1 N–H and O–H groups in total.